The molecule has 0 aliphatic carbocycles. The lowest BCUT2D eigenvalue weighted by Crippen LogP contribution is -2.03. The molecular weight excluding hydrogens is 300 g/mol. The molecule has 0 aliphatic rings. The number of rotatable bonds is 2. The molecule has 0 spiro atoms. The molecule has 0 radical (unpaired) electrons. The number of benzene rings is 2. The number of hydrogen-bond donors (Lipinski definition) is 1. The lowest BCUT2D eigenvalue weighted by atomic mass is 10.1. The van der Waals surface area contributed by atoms with E-state index in [4.69, 9.17) is 17.3 Å². The maximum Gasteiger partial charge on any atom is 0.190 e. The fourth-order valence-electron chi connectivity index (χ4n) is 1.88. The van der Waals surface area contributed by atoms with Crippen LogP contribution >= 0.6 is 11.6 Å². The van der Waals surface area contributed by atoms with Crippen molar-refractivity contribution in [3.05, 3.63) is 53.1 Å². The van der Waals surface area contributed by atoms with Crippen molar-refractivity contribution in [3.8, 4) is 17.1 Å². The Morgan fingerprint density at radius 2 is 1.86 bits per heavy atom. The second-order valence-electron chi connectivity index (χ2n) is 4.22. The first-order valence-electron chi connectivity index (χ1n) is 5.86. The summed E-state index contributed by atoms with van der Waals surface area (Å²) in [6.07, 6.45) is 0. The van der Waals surface area contributed by atoms with Gasteiger partial charge in [0.15, 0.2) is 5.82 Å². The summed E-state index contributed by atoms with van der Waals surface area (Å²) in [5, 5.41) is 11.5. The molecule has 3 aromatic rings. The van der Waals surface area contributed by atoms with Crippen molar-refractivity contribution in [2.45, 2.75) is 0 Å². The summed E-state index contributed by atoms with van der Waals surface area (Å²) in [5.41, 5.74) is 5.73. The van der Waals surface area contributed by atoms with Crippen LogP contribution in [-0.4, -0.2) is 20.2 Å². The standard InChI is InChI=1S/C13H8ClF2N5/c14-8-3-1-2-4-12(8)21-13(18-19-20-21)7-5-11(17)10(16)6-9(7)15/h1-6H,17H2. The number of para-hydroxylation sites is 1. The van der Waals surface area contributed by atoms with Crippen LogP contribution in [-0.2, 0) is 0 Å². The molecule has 0 fully saturated rings. The van der Waals surface area contributed by atoms with Crippen LogP contribution in [0.3, 0.4) is 0 Å². The van der Waals surface area contributed by atoms with Gasteiger partial charge in [-0.05, 0) is 28.6 Å². The van der Waals surface area contributed by atoms with Crippen molar-refractivity contribution in [1.82, 2.24) is 20.2 Å². The zero-order valence-electron chi connectivity index (χ0n) is 10.5. The summed E-state index contributed by atoms with van der Waals surface area (Å²) in [5.74, 6) is -1.58. The Balaban J connectivity index is 2.21. The number of nitrogen functional groups attached to an aromatic ring is 1. The van der Waals surface area contributed by atoms with E-state index in [0.717, 1.165) is 6.07 Å². The molecular formula is C13H8ClF2N5. The molecule has 0 aliphatic heterocycles. The third kappa shape index (κ3) is 2.31. The van der Waals surface area contributed by atoms with Crippen molar-refractivity contribution in [3.63, 3.8) is 0 Å². The van der Waals surface area contributed by atoms with Crippen molar-refractivity contribution >= 4 is 17.3 Å². The zero-order valence-corrected chi connectivity index (χ0v) is 11.2. The van der Waals surface area contributed by atoms with Crippen LogP contribution in [0.2, 0.25) is 5.02 Å². The Hall–Kier alpha value is -2.54. The van der Waals surface area contributed by atoms with Gasteiger partial charge in [0.25, 0.3) is 0 Å². The summed E-state index contributed by atoms with van der Waals surface area (Å²) < 4.78 is 28.5. The topological polar surface area (TPSA) is 69.6 Å². The van der Waals surface area contributed by atoms with E-state index in [1.165, 1.54) is 4.68 Å². The van der Waals surface area contributed by atoms with Crippen molar-refractivity contribution in [2.24, 2.45) is 0 Å². The number of nitrogens with zero attached hydrogens (tertiary/aromatic N) is 4. The Kier molecular flexibility index (Phi) is 3.26. The van der Waals surface area contributed by atoms with Gasteiger partial charge in [-0.1, -0.05) is 23.7 Å². The maximum absolute atomic E-state index is 14.0. The predicted octanol–water partition coefficient (Wildman–Crippen LogP) is 2.84. The number of hydrogen-bond acceptors (Lipinski definition) is 4. The Morgan fingerprint density at radius 1 is 1.10 bits per heavy atom. The van der Waals surface area contributed by atoms with E-state index in [0.29, 0.717) is 16.8 Å². The SMILES string of the molecule is Nc1cc(-c2nnnn2-c2ccccc2Cl)c(F)cc1F. The summed E-state index contributed by atoms with van der Waals surface area (Å²) >= 11 is 6.08. The van der Waals surface area contributed by atoms with E-state index in [2.05, 4.69) is 15.5 Å². The molecule has 2 aromatic carbocycles. The maximum atomic E-state index is 14.0. The smallest absolute Gasteiger partial charge is 0.190 e. The Bertz CT molecular complexity index is 818. The highest BCUT2D eigenvalue weighted by atomic mass is 35.5. The Labute approximate surface area is 123 Å². The first-order chi connectivity index (χ1) is 10.1. The highest BCUT2D eigenvalue weighted by Crippen LogP contribution is 2.28. The molecule has 0 bridgehead atoms. The molecule has 3 rings (SSSR count). The molecule has 0 atom stereocenters. The van der Waals surface area contributed by atoms with E-state index in [1.807, 2.05) is 0 Å². The van der Waals surface area contributed by atoms with Gasteiger partial charge in [0, 0.05) is 6.07 Å². The second-order valence-corrected chi connectivity index (χ2v) is 4.63. The van der Waals surface area contributed by atoms with E-state index in [1.54, 1.807) is 24.3 Å². The van der Waals surface area contributed by atoms with E-state index < -0.39 is 11.6 Å². The largest absolute Gasteiger partial charge is 0.396 e. The Morgan fingerprint density at radius 3 is 2.62 bits per heavy atom. The van der Waals surface area contributed by atoms with Crippen LogP contribution in [0.25, 0.3) is 17.1 Å². The molecule has 0 amide bonds. The monoisotopic (exact) mass is 307 g/mol. The normalized spacial score (nSPS) is 10.8. The summed E-state index contributed by atoms with van der Waals surface area (Å²) in [4.78, 5) is 0. The minimum absolute atomic E-state index is 0.0150. The summed E-state index contributed by atoms with van der Waals surface area (Å²) in [6, 6.07) is 8.64. The number of nitrogens with two attached hydrogens (primary N) is 1. The minimum atomic E-state index is -0.840. The second kappa shape index (κ2) is 5.10. The fraction of sp³-hybridized carbons (Fsp3) is 0. The van der Waals surface area contributed by atoms with Gasteiger partial charge >= 0.3 is 0 Å². The van der Waals surface area contributed by atoms with E-state index in [-0.39, 0.29) is 17.1 Å². The molecule has 5 nitrogen and oxygen atoms in total. The van der Waals surface area contributed by atoms with Gasteiger partial charge < -0.3 is 5.73 Å². The number of tetrazole rings is 1. The molecule has 1 heterocycles. The fourth-order valence-corrected chi connectivity index (χ4v) is 2.09. The van der Waals surface area contributed by atoms with Gasteiger partial charge in [-0.25, -0.2) is 8.78 Å². The van der Waals surface area contributed by atoms with E-state index >= 15 is 0 Å². The third-order valence-electron chi connectivity index (χ3n) is 2.88. The number of aromatic nitrogens is 4. The van der Waals surface area contributed by atoms with Crippen LogP contribution < -0.4 is 5.73 Å². The van der Waals surface area contributed by atoms with Gasteiger partial charge in [0.1, 0.15) is 11.6 Å². The lowest BCUT2D eigenvalue weighted by Gasteiger charge is -2.08. The van der Waals surface area contributed by atoms with E-state index in [9.17, 15) is 8.78 Å². The average molecular weight is 308 g/mol. The molecule has 0 saturated carbocycles. The first-order valence-corrected chi connectivity index (χ1v) is 6.24. The predicted molar refractivity (Wildman–Crippen MR) is 73.9 cm³/mol. The van der Waals surface area contributed by atoms with Gasteiger partial charge in [0.2, 0.25) is 0 Å². The highest BCUT2D eigenvalue weighted by Gasteiger charge is 2.18. The molecule has 2 N–H and O–H groups in total. The highest BCUT2D eigenvalue weighted by molar-refractivity contribution is 6.32. The third-order valence-corrected chi connectivity index (χ3v) is 3.20. The van der Waals surface area contributed by atoms with Gasteiger partial charge in [0.05, 0.1) is 22.0 Å². The number of halogens is 3. The number of anilines is 1. The van der Waals surface area contributed by atoms with Gasteiger partial charge in [-0.15, -0.1) is 5.10 Å². The van der Waals surface area contributed by atoms with Gasteiger partial charge in [-0.3, -0.25) is 0 Å². The molecule has 106 valence electrons. The zero-order chi connectivity index (χ0) is 15.0. The molecule has 8 heteroatoms. The van der Waals surface area contributed by atoms with Crippen LogP contribution in [0.4, 0.5) is 14.5 Å². The molecule has 1 aromatic heterocycles. The first kappa shape index (κ1) is 13.4. The van der Waals surface area contributed by atoms with Crippen LogP contribution in [0.5, 0.6) is 0 Å². The summed E-state index contributed by atoms with van der Waals surface area (Å²) in [7, 11) is 0. The lowest BCUT2D eigenvalue weighted by molar-refractivity contribution is 0.587. The average Bonchev–Trinajstić information content (AvgIpc) is 2.92. The van der Waals surface area contributed by atoms with Crippen LogP contribution in [0.1, 0.15) is 0 Å². The molecule has 0 unspecified atom stereocenters. The van der Waals surface area contributed by atoms with Gasteiger partial charge in [-0.2, -0.15) is 4.68 Å². The van der Waals surface area contributed by atoms with Crippen molar-refractivity contribution in [2.75, 3.05) is 5.73 Å². The summed E-state index contributed by atoms with van der Waals surface area (Å²) in [6.45, 7) is 0. The van der Waals surface area contributed by atoms with Crippen LogP contribution in [0.15, 0.2) is 36.4 Å². The van der Waals surface area contributed by atoms with Crippen LogP contribution in [0, 0.1) is 11.6 Å². The minimum Gasteiger partial charge on any atom is -0.396 e. The molecule has 21 heavy (non-hydrogen) atoms. The van der Waals surface area contributed by atoms with Crippen molar-refractivity contribution in [1.29, 1.82) is 0 Å². The van der Waals surface area contributed by atoms with Crippen molar-refractivity contribution < 1.29 is 8.78 Å². The molecule has 0 saturated heterocycles. The quantitative estimate of drug-likeness (QED) is 0.739.